The van der Waals surface area contributed by atoms with Crippen LogP contribution in [0, 0.1) is 0 Å². The Labute approximate surface area is 158 Å². The summed E-state index contributed by atoms with van der Waals surface area (Å²) in [6, 6.07) is 3.60. The van der Waals surface area contributed by atoms with Gasteiger partial charge < -0.3 is 19.5 Å². The van der Waals surface area contributed by atoms with E-state index in [1.165, 1.54) is 0 Å². The van der Waals surface area contributed by atoms with Gasteiger partial charge in [-0.1, -0.05) is 0 Å². The number of thioether (sulfide) groups is 1. The second-order valence-electron chi connectivity index (χ2n) is 6.43. The summed E-state index contributed by atoms with van der Waals surface area (Å²) in [7, 11) is 0. The third-order valence-corrected chi connectivity index (χ3v) is 5.75. The third-order valence-electron chi connectivity index (χ3n) is 4.61. The van der Waals surface area contributed by atoms with E-state index >= 15 is 0 Å². The fourth-order valence-electron chi connectivity index (χ4n) is 3.12. The molecular formula is C18H27N3O4S. The molecule has 2 saturated heterocycles. The van der Waals surface area contributed by atoms with Crippen molar-refractivity contribution in [2.75, 3.05) is 64.1 Å². The maximum Gasteiger partial charge on any atom is 0.259 e. The van der Waals surface area contributed by atoms with Crippen molar-refractivity contribution in [2.24, 2.45) is 0 Å². The molecule has 1 atom stereocenters. The molecule has 1 aromatic heterocycles. The minimum absolute atomic E-state index is 0.00469. The Morgan fingerprint density at radius 2 is 2.15 bits per heavy atom. The van der Waals surface area contributed by atoms with Gasteiger partial charge in [-0.2, -0.15) is 11.8 Å². The maximum absolute atomic E-state index is 12.9. The number of aromatic nitrogens is 1. The first kappa shape index (κ1) is 19.4. The molecule has 0 aliphatic carbocycles. The number of piperazine rings is 1. The highest BCUT2D eigenvalue weighted by Crippen LogP contribution is 2.25. The summed E-state index contributed by atoms with van der Waals surface area (Å²) in [5.41, 5.74) is 0.559. The minimum atomic E-state index is -0.00469. The highest BCUT2D eigenvalue weighted by Gasteiger charge is 2.26. The molecule has 26 heavy (non-hydrogen) atoms. The number of hydrogen-bond acceptors (Lipinski definition) is 7. The number of aliphatic hydroxyl groups excluding tert-OH is 1. The zero-order valence-electron chi connectivity index (χ0n) is 15.0. The average Bonchev–Trinajstić information content (AvgIpc) is 3.19. The molecule has 0 bridgehead atoms. The van der Waals surface area contributed by atoms with Crippen LogP contribution in [0.2, 0.25) is 0 Å². The van der Waals surface area contributed by atoms with Crippen molar-refractivity contribution in [1.29, 1.82) is 0 Å². The van der Waals surface area contributed by atoms with Gasteiger partial charge in [-0.3, -0.25) is 9.69 Å². The van der Waals surface area contributed by atoms with E-state index in [9.17, 15) is 4.79 Å². The number of pyridine rings is 1. The molecule has 144 valence electrons. The number of ether oxygens (including phenoxy) is 2. The van der Waals surface area contributed by atoms with Gasteiger partial charge in [0.25, 0.3) is 5.91 Å². The van der Waals surface area contributed by atoms with E-state index in [1.807, 2.05) is 22.7 Å². The fraction of sp³-hybridized carbons (Fsp3) is 0.667. The second-order valence-corrected chi connectivity index (χ2v) is 7.58. The monoisotopic (exact) mass is 381 g/mol. The van der Waals surface area contributed by atoms with Crippen LogP contribution in [0.25, 0.3) is 0 Å². The van der Waals surface area contributed by atoms with Gasteiger partial charge in [0.2, 0.25) is 5.88 Å². The number of rotatable bonds is 8. The lowest BCUT2D eigenvalue weighted by Crippen LogP contribution is -2.49. The first-order valence-electron chi connectivity index (χ1n) is 9.17. The van der Waals surface area contributed by atoms with E-state index in [2.05, 4.69) is 9.88 Å². The van der Waals surface area contributed by atoms with Crippen LogP contribution in [0.5, 0.6) is 5.88 Å². The van der Waals surface area contributed by atoms with Crippen molar-refractivity contribution in [3.05, 3.63) is 23.9 Å². The molecule has 0 spiro atoms. The van der Waals surface area contributed by atoms with E-state index in [-0.39, 0.29) is 18.6 Å². The normalized spacial score (nSPS) is 21.1. The van der Waals surface area contributed by atoms with Gasteiger partial charge >= 0.3 is 0 Å². The maximum atomic E-state index is 12.9. The molecule has 7 nitrogen and oxygen atoms in total. The van der Waals surface area contributed by atoms with Crippen molar-refractivity contribution < 1.29 is 19.4 Å². The predicted octanol–water partition coefficient (Wildman–Crippen LogP) is 0.733. The summed E-state index contributed by atoms with van der Waals surface area (Å²) in [5, 5.41) is 8.72. The minimum Gasteiger partial charge on any atom is -0.473 e. The van der Waals surface area contributed by atoms with Crippen LogP contribution in [-0.2, 0) is 4.74 Å². The zero-order chi connectivity index (χ0) is 18.2. The van der Waals surface area contributed by atoms with Crippen LogP contribution in [0.15, 0.2) is 18.3 Å². The fourth-order valence-corrected chi connectivity index (χ4v) is 4.21. The zero-order valence-corrected chi connectivity index (χ0v) is 15.8. The van der Waals surface area contributed by atoms with Crippen molar-refractivity contribution in [3.8, 4) is 5.88 Å². The molecule has 1 unspecified atom stereocenters. The smallest absolute Gasteiger partial charge is 0.259 e. The van der Waals surface area contributed by atoms with Crippen LogP contribution in [0.4, 0.5) is 0 Å². The van der Waals surface area contributed by atoms with Crippen LogP contribution in [0.3, 0.4) is 0 Å². The lowest BCUT2D eigenvalue weighted by molar-refractivity contribution is 0.0483. The van der Waals surface area contributed by atoms with Gasteiger partial charge in [0, 0.05) is 44.7 Å². The molecular weight excluding hydrogens is 354 g/mol. The van der Waals surface area contributed by atoms with Gasteiger partial charge in [-0.05, 0) is 24.3 Å². The van der Waals surface area contributed by atoms with Crippen LogP contribution < -0.4 is 4.74 Å². The summed E-state index contributed by atoms with van der Waals surface area (Å²) < 4.78 is 11.3. The Morgan fingerprint density at radius 3 is 2.88 bits per heavy atom. The number of nitrogens with zero attached hydrogens (tertiary/aromatic N) is 3. The van der Waals surface area contributed by atoms with Gasteiger partial charge in [0.1, 0.15) is 11.7 Å². The summed E-state index contributed by atoms with van der Waals surface area (Å²) >= 11 is 1.88. The molecule has 2 fully saturated rings. The molecule has 0 radical (unpaired) electrons. The number of carbonyl (C=O) groups excluding carboxylic acids is 1. The number of amides is 1. The van der Waals surface area contributed by atoms with Crippen LogP contribution in [0.1, 0.15) is 16.8 Å². The van der Waals surface area contributed by atoms with E-state index in [0.29, 0.717) is 37.7 Å². The van der Waals surface area contributed by atoms with E-state index < -0.39 is 0 Å². The Balaban J connectivity index is 1.52. The first-order chi connectivity index (χ1) is 12.8. The number of aliphatic hydroxyl groups is 1. The predicted molar refractivity (Wildman–Crippen MR) is 101 cm³/mol. The van der Waals surface area contributed by atoms with Gasteiger partial charge in [0.15, 0.2) is 0 Å². The van der Waals surface area contributed by atoms with E-state index in [4.69, 9.17) is 14.6 Å². The quantitative estimate of drug-likeness (QED) is 0.666. The van der Waals surface area contributed by atoms with Crippen LogP contribution in [-0.4, -0.2) is 96.0 Å². The Morgan fingerprint density at radius 1 is 1.31 bits per heavy atom. The standard InChI is InChI=1S/C18H27N3O4S/c22-10-12-24-11-9-20-5-7-21(8-6-20)18(23)16-2-1-4-19-17(16)25-15-3-13-26-14-15/h1-2,4,15,22H,3,5-14H2. The molecule has 0 saturated carbocycles. The summed E-state index contributed by atoms with van der Waals surface area (Å²) in [4.78, 5) is 21.4. The van der Waals surface area contributed by atoms with E-state index in [0.717, 1.165) is 37.6 Å². The van der Waals surface area contributed by atoms with Gasteiger partial charge in [-0.25, -0.2) is 4.98 Å². The molecule has 1 aromatic rings. The number of carbonyl (C=O) groups is 1. The largest absolute Gasteiger partial charge is 0.473 e. The first-order valence-corrected chi connectivity index (χ1v) is 10.3. The molecule has 2 aliphatic rings. The lowest BCUT2D eigenvalue weighted by atomic mass is 10.2. The molecule has 2 aliphatic heterocycles. The summed E-state index contributed by atoms with van der Waals surface area (Å²) in [6.07, 6.45) is 2.84. The summed E-state index contributed by atoms with van der Waals surface area (Å²) in [6.45, 7) is 4.88. The molecule has 8 heteroatoms. The highest BCUT2D eigenvalue weighted by atomic mass is 32.2. The molecule has 0 aromatic carbocycles. The molecule has 1 amide bonds. The SMILES string of the molecule is O=C(c1cccnc1OC1CCSC1)N1CCN(CCOCCO)CC1. The second kappa shape index (κ2) is 10.1. The average molecular weight is 381 g/mol. The molecule has 3 rings (SSSR count). The van der Waals surface area contributed by atoms with Gasteiger partial charge in [-0.15, -0.1) is 0 Å². The Bertz CT molecular complexity index is 575. The molecule has 3 heterocycles. The summed E-state index contributed by atoms with van der Waals surface area (Å²) in [5.74, 6) is 2.52. The van der Waals surface area contributed by atoms with Crippen molar-refractivity contribution in [3.63, 3.8) is 0 Å². The Hall–Kier alpha value is -1.35. The van der Waals surface area contributed by atoms with Crippen molar-refractivity contribution in [2.45, 2.75) is 12.5 Å². The number of hydrogen-bond donors (Lipinski definition) is 1. The van der Waals surface area contributed by atoms with E-state index in [1.54, 1.807) is 12.3 Å². The third kappa shape index (κ3) is 5.33. The topological polar surface area (TPSA) is 75.1 Å². The van der Waals surface area contributed by atoms with Gasteiger partial charge in [0.05, 0.1) is 19.8 Å². The van der Waals surface area contributed by atoms with Crippen molar-refractivity contribution in [1.82, 2.24) is 14.8 Å². The highest BCUT2D eigenvalue weighted by molar-refractivity contribution is 7.99. The molecule has 1 N–H and O–H groups in total. The van der Waals surface area contributed by atoms with Crippen molar-refractivity contribution >= 4 is 17.7 Å². The Kier molecular flexibility index (Phi) is 7.55. The lowest BCUT2D eigenvalue weighted by Gasteiger charge is -2.34. The van der Waals surface area contributed by atoms with Crippen LogP contribution >= 0.6 is 11.8 Å².